The first-order valence-corrected chi connectivity index (χ1v) is 11.6. The summed E-state index contributed by atoms with van der Waals surface area (Å²) in [5.41, 5.74) is 10.4. The zero-order valence-electron chi connectivity index (χ0n) is 18.1. The van der Waals surface area contributed by atoms with E-state index in [1.54, 1.807) is 6.07 Å². The van der Waals surface area contributed by atoms with E-state index in [-0.39, 0.29) is 41.1 Å². The number of H-pyrrole nitrogens is 1. The monoisotopic (exact) mass is 498 g/mol. The van der Waals surface area contributed by atoms with Crippen LogP contribution in [0.25, 0.3) is 21.3 Å². The molecule has 2 heterocycles. The molecule has 5 rings (SSSR count). The van der Waals surface area contributed by atoms with Crippen LogP contribution in [-0.4, -0.2) is 28.9 Å². The van der Waals surface area contributed by atoms with E-state index in [1.165, 1.54) is 23.0 Å². The number of aryl methyl sites for hydroxylation is 1. The van der Waals surface area contributed by atoms with E-state index in [0.29, 0.717) is 29.7 Å². The number of thiophene rings is 1. The maximum atomic E-state index is 15.6. The largest absolute Gasteiger partial charge is 0.494 e. The highest BCUT2D eigenvalue weighted by Gasteiger charge is 2.43. The number of hydrogen-bond acceptors (Lipinski definition) is 6. The number of nitrogens with one attached hydrogen (secondary N) is 1. The van der Waals surface area contributed by atoms with Gasteiger partial charge in [-0.1, -0.05) is 0 Å². The Morgan fingerprint density at radius 2 is 1.97 bits per heavy atom. The van der Waals surface area contributed by atoms with Gasteiger partial charge in [-0.2, -0.15) is 13.2 Å². The molecular formula is C22H22F4N4O3S. The van der Waals surface area contributed by atoms with E-state index >= 15 is 4.39 Å². The maximum Gasteiger partial charge on any atom is 0.403 e. The summed E-state index contributed by atoms with van der Waals surface area (Å²) in [6, 6.07) is -0.473. The van der Waals surface area contributed by atoms with Gasteiger partial charge in [0.1, 0.15) is 11.6 Å². The molecule has 0 aliphatic heterocycles. The summed E-state index contributed by atoms with van der Waals surface area (Å²) in [7, 11) is 1.31. The lowest BCUT2D eigenvalue weighted by Gasteiger charge is -2.28. The van der Waals surface area contributed by atoms with E-state index in [4.69, 9.17) is 16.2 Å². The van der Waals surface area contributed by atoms with Crippen molar-refractivity contribution in [3.8, 4) is 16.2 Å². The van der Waals surface area contributed by atoms with Crippen molar-refractivity contribution in [2.45, 2.75) is 50.4 Å². The SMILES string of the molecule is COc1c(-c2cc3c(s2)CCC(C(N)C(F)(F)F)C3)c(F)c(N)c2c(=O)[nH]c(=O)n(C3CC3)c12. The average molecular weight is 499 g/mol. The van der Waals surface area contributed by atoms with Crippen LogP contribution in [0.2, 0.25) is 0 Å². The number of hydrogen-bond donors (Lipinski definition) is 3. The number of fused-ring (bicyclic) bond motifs is 2. The number of halogens is 4. The van der Waals surface area contributed by atoms with Crippen molar-refractivity contribution in [1.82, 2.24) is 9.55 Å². The van der Waals surface area contributed by atoms with Crippen molar-refractivity contribution in [2.75, 3.05) is 12.8 Å². The third-order valence-electron chi connectivity index (χ3n) is 6.68. The second-order valence-electron chi connectivity index (χ2n) is 8.85. The van der Waals surface area contributed by atoms with Crippen molar-refractivity contribution >= 4 is 27.9 Å². The number of nitrogens with zero attached hydrogens (tertiary/aromatic N) is 1. The van der Waals surface area contributed by atoms with Crippen molar-refractivity contribution in [3.63, 3.8) is 0 Å². The summed E-state index contributed by atoms with van der Waals surface area (Å²) in [4.78, 5) is 28.6. The van der Waals surface area contributed by atoms with Crippen molar-refractivity contribution in [2.24, 2.45) is 11.7 Å². The molecule has 3 aromatic rings. The molecule has 1 saturated carbocycles. The number of aromatic amines is 1. The molecular weight excluding hydrogens is 476 g/mol. The summed E-state index contributed by atoms with van der Waals surface area (Å²) in [5, 5.41) is -0.165. The van der Waals surface area contributed by atoms with E-state index in [9.17, 15) is 22.8 Å². The standard InChI is InChI=1S/C22H22F4N4O3S/c1-33-18-13(12-7-9-6-8(2-5-11(9)34-12)19(28)22(24,25)26)15(23)16(27)14-17(18)30(10-3-4-10)21(32)29-20(14)31/h7-8,10,19H,2-6,27-28H2,1H3,(H,29,31,32). The van der Waals surface area contributed by atoms with Crippen LogP contribution in [0.15, 0.2) is 15.7 Å². The van der Waals surface area contributed by atoms with Crippen LogP contribution >= 0.6 is 11.3 Å². The van der Waals surface area contributed by atoms with Gasteiger partial charge in [0.2, 0.25) is 0 Å². The molecule has 1 fully saturated rings. The van der Waals surface area contributed by atoms with Gasteiger partial charge in [-0.15, -0.1) is 11.3 Å². The fourth-order valence-corrected chi connectivity index (χ4v) is 6.08. The number of rotatable bonds is 4. The highest BCUT2D eigenvalue weighted by Crippen LogP contribution is 2.48. The summed E-state index contributed by atoms with van der Waals surface area (Å²) in [6.45, 7) is 0. The Hall–Kier alpha value is -2.86. The lowest BCUT2D eigenvalue weighted by atomic mass is 9.83. The van der Waals surface area contributed by atoms with Gasteiger partial charge in [0.25, 0.3) is 5.56 Å². The number of aromatic nitrogens is 2. The molecule has 2 aliphatic rings. The molecule has 0 spiro atoms. The number of methoxy groups -OCH3 is 1. The number of ether oxygens (including phenoxy) is 1. The number of nitrogens with two attached hydrogens (primary N) is 2. The van der Waals surface area contributed by atoms with Gasteiger partial charge < -0.3 is 16.2 Å². The molecule has 5 N–H and O–H groups in total. The Morgan fingerprint density at radius 1 is 1.26 bits per heavy atom. The molecule has 2 aromatic heterocycles. The van der Waals surface area contributed by atoms with E-state index < -0.39 is 40.9 Å². The van der Waals surface area contributed by atoms with Crippen molar-refractivity contribution < 1.29 is 22.3 Å². The minimum absolute atomic E-state index is 0.000982. The fraction of sp³-hybridized carbons (Fsp3) is 0.455. The van der Waals surface area contributed by atoms with Crippen LogP contribution in [0.3, 0.4) is 0 Å². The lowest BCUT2D eigenvalue weighted by molar-refractivity contribution is -0.159. The zero-order chi connectivity index (χ0) is 24.5. The third-order valence-corrected chi connectivity index (χ3v) is 7.94. The summed E-state index contributed by atoms with van der Waals surface area (Å²) >= 11 is 1.24. The number of alkyl halides is 3. The number of nitrogen functional groups attached to an aromatic ring is 1. The molecule has 0 bridgehead atoms. The predicted octanol–water partition coefficient (Wildman–Crippen LogP) is 3.48. The minimum Gasteiger partial charge on any atom is -0.494 e. The Bertz CT molecular complexity index is 1420. The van der Waals surface area contributed by atoms with Crippen molar-refractivity contribution in [3.05, 3.63) is 43.2 Å². The van der Waals surface area contributed by atoms with E-state index in [1.807, 2.05) is 0 Å². The molecule has 2 unspecified atom stereocenters. The van der Waals surface area contributed by atoms with Gasteiger partial charge in [0, 0.05) is 15.8 Å². The molecule has 0 saturated heterocycles. The Kier molecular flexibility index (Phi) is 5.28. The molecule has 34 heavy (non-hydrogen) atoms. The summed E-state index contributed by atoms with van der Waals surface area (Å²) < 4.78 is 61.9. The second-order valence-corrected chi connectivity index (χ2v) is 9.99. The van der Waals surface area contributed by atoms with Gasteiger partial charge in [-0.05, 0) is 49.7 Å². The third kappa shape index (κ3) is 3.50. The molecule has 1 aromatic carbocycles. The number of benzene rings is 1. The molecule has 0 amide bonds. The van der Waals surface area contributed by atoms with E-state index in [2.05, 4.69) is 4.98 Å². The molecule has 12 heteroatoms. The highest BCUT2D eigenvalue weighted by atomic mass is 32.1. The molecule has 2 atom stereocenters. The van der Waals surface area contributed by atoms with Crippen LogP contribution in [-0.2, 0) is 12.8 Å². The second kappa shape index (κ2) is 7.84. The van der Waals surface area contributed by atoms with Gasteiger partial charge in [-0.25, -0.2) is 9.18 Å². The molecule has 2 aliphatic carbocycles. The smallest absolute Gasteiger partial charge is 0.403 e. The first-order chi connectivity index (χ1) is 16.0. The fourth-order valence-electron chi connectivity index (χ4n) is 4.83. The Balaban J connectivity index is 1.70. The van der Waals surface area contributed by atoms with Crippen LogP contribution in [0.4, 0.5) is 23.2 Å². The number of anilines is 1. The average Bonchev–Trinajstić information content (AvgIpc) is 3.51. The maximum absolute atomic E-state index is 15.6. The van der Waals surface area contributed by atoms with Crippen molar-refractivity contribution in [1.29, 1.82) is 0 Å². The molecule has 182 valence electrons. The lowest BCUT2D eigenvalue weighted by Crippen LogP contribution is -2.45. The first-order valence-electron chi connectivity index (χ1n) is 10.8. The minimum atomic E-state index is -4.50. The van der Waals surface area contributed by atoms with Crippen LogP contribution in [0.1, 0.15) is 35.7 Å². The van der Waals surface area contributed by atoms with Crippen LogP contribution in [0, 0.1) is 11.7 Å². The van der Waals surface area contributed by atoms with Gasteiger partial charge >= 0.3 is 11.9 Å². The quantitative estimate of drug-likeness (QED) is 0.376. The Labute approximate surface area is 194 Å². The van der Waals surface area contributed by atoms with E-state index in [0.717, 1.165) is 4.88 Å². The normalized spacial score (nSPS) is 19.3. The van der Waals surface area contributed by atoms with Crippen LogP contribution in [0.5, 0.6) is 5.75 Å². The van der Waals surface area contributed by atoms with Gasteiger partial charge in [0.15, 0.2) is 11.6 Å². The summed E-state index contributed by atoms with van der Waals surface area (Å²) in [5.74, 6) is -1.65. The molecule has 7 nitrogen and oxygen atoms in total. The predicted molar refractivity (Wildman–Crippen MR) is 121 cm³/mol. The van der Waals surface area contributed by atoms with Gasteiger partial charge in [-0.3, -0.25) is 14.3 Å². The first kappa shape index (κ1) is 22.9. The molecule has 0 radical (unpaired) electrons. The Morgan fingerprint density at radius 3 is 2.59 bits per heavy atom. The van der Waals surface area contributed by atoms with Gasteiger partial charge in [0.05, 0.1) is 23.7 Å². The van der Waals surface area contributed by atoms with Crippen LogP contribution < -0.4 is 27.5 Å². The summed E-state index contributed by atoms with van der Waals surface area (Å²) in [6.07, 6.45) is -2.30. The topological polar surface area (TPSA) is 116 Å². The highest BCUT2D eigenvalue weighted by molar-refractivity contribution is 7.15. The zero-order valence-corrected chi connectivity index (χ0v) is 18.9.